The van der Waals surface area contributed by atoms with Crippen LogP contribution in [0.4, 0.5) is 0 Å². The first-order valence-electron chi connectivity index (χ1n) is 2.44. The molecule has 1 fully saturated rings. The van der Waals surface area contributed by atoms with E-state index in [1.165, 1.54) is 5.57 Å². The Balaban J connectivity index is 2.36. The summed E-state index contributed by atoms with van der Waals surface area (Å²) in [7, 11) is 0. The second-order valence-electron chi connectivity index (χ2n) is 1.66. The lowest BCUT2D eigenvalue weighted by molar-refractivity contribution is 0.669. The smallest absolute Gasteiger partial charge is 0.0183 e. The van der Waals surface area contributed by atoms with Crippen molar-refractivity contribution in [1.82, 2.24) is 5.32 Å². The van der Waals surface area contributed by atoms with Crippen LogP contribution in [0.15, 0.2) is 24.3 Å². The molecule has 1 saturated heterocycles. The van der Waals surface area contributed by atoms with E-state index in [4.69, 9.17) is 0 Å². The van der Waals surface area contributed by atoms with Gasteiger partial charge in [0.1, 0.15) is 0 Å². The molecule has 1 aliphatic rings. The Bertz CT molecular complexity index is 96.7. The zero-order chi connectivity index (χ0) is 5.11. The summed E-state index contributed by atoms with van der Waals surface area (Å²) in [5.74, 6) is 0. The van der Waals surface area contributed by atoms with Crippen molar-refractivity contribution in [2.45, 2.75) is 0 Å². The zero-order valence-electron chi connectivity index (χ0n) is 4.28. The highest BCUT2D eigenvalue weighted by Gasteiger charge is 2.03. The molecule has 1 aliphatic heterocycles. The number of allylic oxidation sites excluding steroid dienone is 2. The lowest BCUT2D eigenvalue weighted by Gasteiger charge is -2.17. The molecule has 0 saturated carbocycles. The van der Waals surface area contributed by atoms with Gasteiger partial charge < -0.3 is 5.32 Å². The molecular weight excluding hydrogens is 86.1 g/mol. The van der Waals surface area contributed by atoms with Gasteiger partial charge in [-0.2, -0.15) is 0 Å². The molecule has 38 valence electrons. The van der Waals surface area contributed by atoms with Crippen LogP contribution in [0, 0.1) is 0 Å². The average Bonchev–Trinajstić information content (AvgIpc) is 1.55. The molecule has 0 aromatic rings. The summed E-state index contributed by atoms with van der Waals surface area (Å²) < 4.78 is 0. The maximum atomic E-state index is 3.58. The minimum Gasteiger partial charge on any atom is -0.309 e. The van der Waals surface area contributed by atoms with E-state index in [1.807, 2.05) is 6.08 Å². The molecule has 0 spiro atoms. The standard InChI is InChI=1S/C6H9N/c1-2-3-6-4-7-5-6/h2-3,7H,1,4-5H2. The normalized spacial score (nSPS) is 18.0. The summed E-state index contributed by atoms with van der Waals surface area (Å²) in [5, 5.41) is 3.13. The molecule has 0 bridgehead atoms. The van der Waals surface area contributed by atoms with Crippen molar-refractivity contribution < 1.29 is 0 Å². The minimum absolute atomic E-state index is 1.06. The predicted molar refractivity (Wildman–Crippen MR) is 31.1 cm³/mol. The van der Waals surface area contributed by atoms with Crippen molar-refractivity contribution in [3.8, 4) is 0 Å². The fourth-order valence-corrected chi connectivity index (χ4v) is 0.554. The molecular formula is C6H9N. The molecule has 0 radical (unpaired) electrons. The summed E-state index contributed by atoms with van der Waals surface area (Å²) in [6, 6.07) is 0. The lowest BCUT2D eigenvalue weighted by Crippen LogP contribution is -2.33. The first kappa shape index (κ1) is 4.60. The van der Waals surface area contributed by atoms with E-state index in [0.717, 1.165) is 13.1 Å². The summed E-state index contributed by atoms with van der Waals surface area (Å²) in [4.78, 5) is 0. The number of nitrogens with one attached hydrogen (secondary N) is 1. The van der Waals surface area contributed by atoms with E-state index in [1.54, 1.807) is 0 Å². The Kier molecular flexibility index (Phi) is 1.27. The van der Waals surface area contributed by atoms with Gasteiger partial charge in [0.25, 0.3) is 0 Å². The molecule has 1 heteroatoms. The molecule has 1 heterocycles. The van der Waals surface area contributed by atoms with Gasteiger partial charge in [0, 0.05) is 13.1 Å². The van der Waals surface area contributed by atoms with E-state index < -0.39 is 0 Å². The first-order valence-corrected chi connectivity index (χ1v) is 2.44. The maximum absolute atomic E-state index is 3.58. The van der Waals surface area contributed by atoms with Gasteiger partial charge in [-0.25, -0.2) is 0 Å². The highest BCUT2D eigenvalue weighted by molar-refractivity contribution is 5.18. The van der Waals surface area contributed by atoms with Gasteiger partial charge in [-0.1, -0.05) is 18.7 Å². The molecule has 1 rings (SSSR count). The summed E-state index contributed by atoms with van der Waals surface area (Å²) in [6.07, 6.45) is 3.88. The second-order valence-corrected chi connectivity index (χ2v) is 1.66. The molecule has 0 aromatic carbocycles. The molecule has 1 nitrogen and oxygen atoms in total. The van der Waals surface area contributed by atoms with Gasteiger partial charge in [-0.05, 0) is 5.57 Å². The van der Waals surface area contributed by atoms with Crippen molar-refractivity contribution in [1.29, 1.82) is 0 Å². The van der Waals surface area contributed by atoms with E-state index >= 15 is 0 Å². The first-order chi connectivity index (χ1) is 3.43. The lowest BCUT2D eigenvalue weighted by atomic mass is 10.1. The van der Waals surface area contributed by atoms with Crippen molar-refractivity contribution >= 4 is 0 Å². The van der Waals surface area contributed by atoms with Crippen LogP contribution in [0.3, 0.4) is 0 Å². The summed E-state index contributed by atoms with van der Waals surface area (Å²) in [6.45, 7) is 5.70. The monoisotopic (exact) mass is 95.1 g/mol. The molecule has 0 aliphatic carbocycles. The SMILES string of the molecule is C=CC=C1CNC1. The van der Waals surface area contributed by atoms with Crippen LogP contribution in [0.2, 0.25) is 0 Å². The van der Waals surface area contributed by atoms with Crippen molar-refractivity contribution in [2.24, 2.45) is 0 Å². The van der Waals surface area contributed by atoms with Crippen LogP contribution in [0.5, 0.6) is 0 Å². The Morgan fingerprint density at radius 1 is 1.57 bits per heavy atom. The third kappa shape index (κ3) is 0.904. The van der Waals surface area contributed by atoms with Crippen LogP contribution in [-0.2, 0) is 0 Å². The number of rotatable bonds is 1. The summed E-state index contributed by atoms with van der Waals surface area (Å²) in [5.41, 5.74) is 1.45. The van der Waals surface area contributed by atoms with Crippen LogP contribution < -0.4 is 5.32 Å². The van der Waals surface area contributed by atoms with Crippen LogP contribution in [0.1, 0.15) is 0 Å². The number of hydrogen-bond acceptors (Lipinski definition) is 1. The topological polar surface area (TPSA) is 12.0 Å². The van der Waals surface area contributed by atoms with Crippen LogP contribution in [-0.4, -0.2) is 13.1 Å². The van der Waals surface area contributed by atoms with E-state index in [9.17, 15) is 0 Å². The molecule has 7 heavy (non-hydrogen) atoms. The molecule has 0 atom stereocenters. The summed E-state index contributed by atoms with van der Waals surface area (Å²) >= 11 is 0. The minimum atomic E-state index is 1.06. The van der Waals surface area contributed by atoms with Gasteiger partial charge >= 0.3 is 0 Å². The van der Waals surface area contributed by atoms with Crippen molar-refractivity contribution in [3.05, 3.63) is 24.3 Å². The van der Waals surface area contributed by atoms with Gasteiger partial charge in [-0.3, -0.25) is 0 Å². The zero-order valence-corrected chi connectivity index (χ0v) is 4.28. The van der Waals surface area contributed by atoms with Gasteiger partial charge in [0.2, 0.25) is 0 Å². The second kappa shape index (κ2) is 1.94. The highest BCUT2D eigenvalue weighted by Crippen LogP contribution is 1.98. The Labute approximate surface area is 43.7 Å². The third-order valence-electron chi connectivity index (χ3n) is 1.06. The fraction of sp³-hybridized carbons (Fsp3) is 0.333. The molecule has 0 amide bonds. The largest absolute Gasteiger partial charge is 0.309 e. The number of hydrogen-bond donors (Lipinski definition) is 1. The van der Waals surface area contributed by atoms with Gasteiger partial charge in [0.15, 0.2) is 0 Å². The Hall–Kier alpha value is -0.560. The Morgan fingerprint density at radius 2 is 2.29 bits per heavy atom. The van der Waals surface area contributed by atoms with Crippen LogP contribution >= 0.6 is 0 Å². The van der Waals surface area contributed by atoms with E-state index in [-0.39, 0.29) is 0 Å². The fourth-order valence-electron chi connectivity index (χ4n) is 0.554. The van der Waals surface area contributed by atoms with E-state index in [2.05, 4.69) is 18.0 Å². The maximum Gasteiger partial charge on any atom is 0.0183 e. The Morgan fingerprint density at radius 3 is 2.43 bits per heavy atom. The molecule has 1 N–H and O–H groups in total. The third-order valence-corrected chi connectivity index (χ3v) is 1.06. The van der Waals surface area contributed by atoms with E-state index in [0.29, 0.717) is 0 Å². The average molecular weight is 95.1 g/mol. The highest BCUT2D eigenvalue weighted by atomic mass is 14.9. The van der Waals surface area contributed by atoms with Crippen molar-refractivity contribution in [3.63, 3.8) is 0 Å². The van der Waals surface area contributed by atoms with Gasteiger partial charge in [-0.15, -0.1) is 0 Å². The molecule has 0 unspecified atom stereocenters. The van der Waals surface area contributed by atoms with Crippen LogP contribution in [0.25, 0.3) is 0 Å². The molecule has 0 aromatic heterocycles. The predicted octanol–water partition coefficient (Wildman–Crippen LogP) is 0.702. The van der Waals surface area contributed by atoms with Gasteiger partial charge in [0.05, 0.1) is 0 Å². The van der Waals surface area contributed by atoms with Crippen molar-refractivity contribution in [2.75, 3.05) is 13.1 Å². The quantitative estimate of drug-likeness (QED) is 0.505.